The van der Waals surface area contributed by atoms with Crippen LogP contribution in [0.4, 0.5) is 0 Å². The fourth-order valence-electron chi connectivity index (χ4n) is 4.45. The summed E-state index contributed by atoms with van der Waals surface area (Å²) in [5, 5.41) is 4.90. The molecule has 1 N–H and O–H groups in total. The highest BCUT2D eigenvalue weighted by molar-refractivity contribution is 6.30. The molecule has 0 bridgehead atoms. The summed E-state index contributed by atoms with van der Waals surface area (Å²) in [6.45, 7) is 7.12. The van der Waals surface area contributed by atoms with Gasteiger partial charge in [0.05, 0.1) is 0 Å². The largest absolute Gasteiger partial charge is 0.306 e. The molecule has 0 saturated heterocycles. The third-order valence-electron chi connectivity index (χ3n) is 5.66. The molecule has 2 aliphatic rings. The van der Waals surface area contributed by atoms with E-state index in [2.05, 4.69) is 38.2 Å². The lowest BCUT2D eigenvalue weighted by atomic mass is 9.79. The third-order valence-corrected chi connectivity index (χ3v) is 5.90. The molecule has 0 radical (unpaired) electrons. The lowest BCUT2D eigenvalue weighted by Crippen LogP contribution is -2.43. The molecule has 0 heterocycles. The van der Waals surface area contributed by atoms with Gasteiger partial charge in [0, 0.05) is 17.1 Å². The molecule has 0 aromatic heterocycles. The van der Waals surface area contributed by atoms with Crippen LogP contribution in [0.5, 0.6) is 0 Å². The van der Waals surface area contributed by atoms with Crippen molar-refractivity contribution in [2.45, 2.75) is 71.4 Å². The maximum Gasteiger partial charge on any atom is 0.0409 e. The highest BCUT2D eigenvalue weighted by atomic mass is 35.5. The van der Waals surface area contributed by atoms with E-state index >= 15 is 0 Å². The summed E-state index contributed by atoms with van der Waals surface area (Å²) >= 11 is 6.25. The molecule has 1 nitrogen and oxygen atoms in total. The number of hydrogen-bond acceptors (Lipinski definition) is 1. The summed E-state index contributed by atoms with van der Waals surface area (Å²) in [6.07, 6.45) is 7.97. The zero-order valence-electron chi connectivity index (χ0n) is 13.6. The molecule has 1 saturated carbocycles. The van der Waals surface area contributed by atoms with Crippen LogP contribution in [-0.2, 0) is 6.42 Å². The Morgan fingerprint density at radius 3 is 2.76 bits per heavy atom. The zero-order chi connectivity index (χ0) is 15.0. The van der Waals surface area contributed by atoms with Gasteiger partial charge in [-0.3, -0.25) is 0 Å². The molecular formula is C19H28ClN. The van der Waals surface area contributed by atoms with Gasteiger partial charge in [-0.2, -0.15) is 0 Å². The predicted molar refractivity (Wildman–Crippen MR) is 90.9 cm³/mol. The van der Waals surface area contributed by atoms with Gasteiger partial charge in [0.2, 0.25) is 0 Å². The summed E-state index contributed by atoms with van der Waals surface area (Å²) in [5.74, 6) is 0.845. The molecule has 3 atom stereocenters. The Hall–Kier alpha value is -0.530. The van der Waals surface area contributed by atoms with E-state index in [4.69, 9.17) is 11.6 Å². The SMILES string of the molecule is CCC1CCCCC1NC1c2cc(Cl)ccc2CC1(C)C. The van der Waals surface area contributed by atoms with Crippen molar-refractivity contribution in [1.82, 2.24) is 5.32 Å². The number of rotatable bonds is 3. The molecule has 0 spiro atoms. The number of hydrogen-bond donors (Lipinski definition) is 1. The molecule has 3 rings (SSSR count). The lowest BCUT2D eigenvalue weighted by Gasteiger charge is -2.38. The van der Waals surface area contributed by atoms with E-state index in [0.717, 1.165) is 17.4 Å². The minimum Gasteiger partial charge on any atom is -0.306 e. The van der Waals surface area contributed by atoms with E-state index in [0.29, 0.717) is 12.1 Å². The molecule has 0 aliphatic heterocycles. The van der Waals surface area contributed by atoms with Gasteiger partial charge in [-0.05, 0) is 53.9 Å². The first-order valence-electron chi connectivity index (χ1n) is 8.55. The van der Waals surface area contributed by atoms with Gasteiger partial charge in [0.15, 0.2) is 0 Å². The zero-order valence-corrected chi connectivity index (χ0v) is 14.3. The van der Waals surface area contributed by atoms with Crippen molar-refractivity contribution in [2.24, 2.45) is 11.3 Å². The molecule has 2 heteroatoms. The van der Waals surface area contributed by atoms with Gasteiger partial charge in [0.25, 0.3) is 0 Å². The van der Waals surface area contributed by atoms with Crippen molar-refractivity contribution in [3.8, 4) is 0 Å². The molecule has 2 aliphatic carbocycles. The Labute approximate surface area is 134 Å². The van der Waals surface area contributed by atoms with Gasteiger partial charge >= 0.3 is 0 Å². The van der Waals surface area contributed by atoms with E-state index in [1.54, 1.807) is 0 Å². The second-order valence-corrected chi connectivity index (χ2v) is 8.10. The van der Waals surface area contributed by atoms with Crippen LogP contribution in [0.1, 0.15) is 70.0 Å². The molecule has 1 fully saturated rings. The van der Waals surface area contributed by atoms with Crippen molar-refractivity contribution in [1.29, 1.82) is 0 Å². The number of halogens is 1. The molecule has 21 heavy (non-hydrogen) atoms. The molecule has 116 valence electrons. The van der Waals surface area contributed by atoms with Gasteiger partial charge in [-0.25, -0.2) is 0 Å². The minimum absolute atomic E-state index is 0.281. The summed E-state index contributed by atoms with van der Waals surface area (Å²) < 4.78 is 0. The van der Waals surface area contributed by atoms with Crippen LogP contribution >= 0.6 is 11.6 Å². The fraction of sp³-hybridized carbons (Fsp3) is 0.684. The first kappa shape index (κ1) is 15.4. The van der Waals surface area contributed by atoms with E-state index in [-0.39, 0.29) is 5.41 Å². The van der Waals surface area contributed by atoms with Crippen LogP contribution in [0.25, 0.3) is 0 Å². The van der Waals surface area contributed by atoms with Gasteiger partial charge in [0.1, 0.15) is 0 Å². The van der Waals surface area contributed by atoms with E-state index in [1.165, 1.54) is 43.2 Å². The standard InChI is InChI=1S/C19H28ClN/c1-4-13-7-5-6-8-17(13)21-18-16-11-15(20)10-9-14(16)12-19(18,2)3/h9-11,13,17-18,21H,4-8,12H2,1-3H3. The average Bonchev–Trinajstić information content (AvgIpc) is 2.70. The van der Waals surface area contributed by atoms with Crippen LogP contribution in [-0.4, -0.2) is 6.04 Å². The van der Waals surface area contributed by atoms with Crippen molar-refractivity contribution >= 4 is 11.6 Å². The average molecular weight is 306 g/mol. The second-order valence-electron chi connectivity index (χ2n) is 7.67. The first-order chi connectivity index (χ1) is 10.0. The molecule has 3 unspecified atom stereocenters. The Balaban J connectivity index is 1.85. The maximum absolute atomic E-state index is 6.25. The number of nitrogens with one attached hydrogen (secondary N) is 1. The number of fused-ring (bicyclic) bond motifs is 1. The quantitative estimate of drug-likeness (QED) is 0.775. The van der Waals surface area contributed by atoms with Crippen LogP contribution in [0.3, 0.4) is 0 Å². The first-order valence-corrected chi connectivity index (χ1v) is 8.93. The normalized spacial score (nSPS) is 31.1. The highest BCUT2D eigenvalue weighted by Gasteiger charge is 2.40. The maximum atomic E-state index is 6.25. The van der Waals surface area contributed by atoms with Gasteiger partial charge in [-0.1, -0.05) is 57.7 Å². The summed E-state index contributed by atoms with van der Waals surface area (Å²) in [6, 6.07) is 7.57. The molecule has 1 aromatic carbocycles. The van der Waals surface area contributed by atoms with Crippen molar-refractivity contribution < 1.29 is 0 Å². The monoisotopic (exact) mass is 305 g/mol. The van der Waals surface area contributed by atoms with Gasteiger partial charge < -0.3 is 5.32 Å². The Kier molecular flexibility index (Phi) is 4.34. The fourth-order valence-corrected chi connectivity index (χ4v) is 4.64. The van der Waals surface area contributed by atoms with E-state index in [9.17, 15) is 0 Å². The summed E-state index contributed by atoms with van der Waals surface area (Å²) in [7, 11) is 0. The van der Waals surface area contributed by atoms with Crippen molar-refractivity contribution in [3.63, 3.8) is 0 Å². The number of benzene rings is 1. The predicted octanol–water partition coefficient (Wildman–Crippen LogP) is 5.52. The van der Waals surface area contributed by atoms with E-state index in [1.807, 2.05) is 6.07 Å². The van der Waals surface area contributed by atoms with Crippen LogP contribution < -0.4 is 5.32 Å². The topological polar surface area (TPSA) is 12.0 Å². The van der Waals surface area contributed by atoms with Gasteiger partial charge in [-0.15, -0.1) is 0 Å². The van der Waals surface area contributed by atoms with Crippen LogP contribution in [0, 0.1) is 11.3 Å². The van der Waals surface area contributed by atoms with Crippen LogP contribution in [0.2, 0.25) is 5.02 Å². The molecule has 0 amide bonds. The van der Waals surface area contributed by atoms with Crippen molar-refractivity contribution in [2.75, 3.05) is 0 Å². The van der Waals surface area contributed by atoms with Crippen LogP contribution in [0.15, 0.2) is 18.2 Å². The lowest BCUT2D eigenvalue weighted by molar-refractivity contribution is 0.182. The molecular weight excluding hydrogens is 278 g/mol. The van der Waals surface area contributed by atoms with Crippen molar-refractivity contribution in [3.05, 3.63) is 34.3 Å². The van der Waals surface area contributed by atoms with E-state index < -0.39 is 0 Å². The second kappa shape index (κ2) is 5.93. The summed E-state index contributed by atoms with van der Waals surface area (Å²) in [4.78, 5) is 0. The summed E-state index contributed by atoms with van der Waals surface area (Å²) in [5.41, 5.74) is 3.20. The highest BCUT2D eigenvalue weighted by Crippen LogP contribution is 2.47. The third kappa shape index (κ3) is 3.00. The Morgan fingerprint density at radius 2 is 2.00 bits per heavy atom. The minimum atomic E-state index is 0.281. The molecule has 1 aromatic rings. The Morgan fingerprint density at radius 1 is 1.24 bits per heavy atom. The smallest absolute Gasteiger partial charge is 0.0409 e. The Bertz CT molecular complexity index is 508.